The number of nitrogens with two attached hydrogens (primary N) is 1. The van der Waals surface area contributed by atoms with Gasteiger partial charge in [-0.05, 0) is 53.3 Å². The molecule has 2 heteroatoms. The van der Waals surface area contributed by atoms with E-state index >= 15 is 0 Å². The number of hydrogen-bond acceptors (Lipinski definition) is 1. The van der Waals surface area contributed by atoms with E-state index in [0.717, 1.165) is 17.5 Å². The lowest BCUT2D eigenvalue weighted by molar-refractivity contribution is 0.632. The van der Waals surface area contributed by atoms with Crippen LogP contribution in [0.25, 0.3) is 22.3 Å². The third-order valence-electron chi connectivity index (χ3n) is 4.55. The predicted octanol–water partition coefficient (Wildman–Crippen LogP) is 6.47. The van der Waals surface area contributed by atoms with Gasteiger partial charge in [0.1, 0.15) is 5.82 Å². The van der Waals surface area contributed by atoms with Crippen LogP contribution in [0.3, 0.4) is 0 Å². The van der Waals surface area contributed by atoms with Crippen molar-refractivity contribution in [1.82, 2.24) is 0 Å². The van der Waals surface area contributed by atoms with Crippen LogP contribution in [-0.4, -0.2) is 0 Å². The summed E-state index contributed by atoms with van der Waals surface area (Å²) in [5, 5.41) is 0. The van der Waals surface area contributed by atoms with Gasteiger partial charge < -0.3 is 5.73 Å². The third-order valence-corrected chi connectivity index (χ3v) is 4.55. The van der Waals surface area contributed by atoms with Gasteiger partial charge in [0.05, 0.1) is 0 Å². The van der Waals surface area contributed by atoms with Crippen molar-refractivity contribution in [2.24, 2.45) is 0 Å². The second-order valence-electron chi connectivity index (χ2n) is 6.47. The Hall–Kier alpha value is -2.61. The summed E-state index contributed by atoms with van der Waals surface area (Å²) in [6, 6.07) is 21.6. The molecule has 0 radical (unpaired) electrons. The van der Waals surface area contributed by atoms with Crippen LogP contribution in [0.5, 0.6) is 0 Å². The van der Waals surface area contributed by atoms with Gasteiger partial charge in [-0.3, -0.25) is 0 Å². The third kappa shape index (κ3) is 4.27. The van der Waals surface area contributed by atoms with Gasteiger partial charge in [0.25, 0.3) is 0 Å². The van der Waals surface area contributed by atoms with Gasteiger partial charge in [-0.2, -0.15) is 0 Å². The molecule has 0 aliphatic carbocycles. The summed E-state index contributed by atoms with van der Waals surface area (Å²) in [7, 11) is 0. The molecule has 0 amide bonds. The van der Waals surface area contributed by atoms with E-state index in [1.165, 1.54) is 36.5 Å². The fourth-order valence-corrected chi connectivity index (χ4v) is 3.05. The van der Waals surface area contributed by atoms with Gasteiger partial charge in [0.15, 0.2) is 0 Å². The van der Waals surface area contributed by atoms with Crippen LogP contribution < -0.4 is 5.73 Å². The van der Waals surface area contributed by atoms with Crippen LogP contribution in [0.4, 0.5) is 10.1 Å². The van der Waals surface area contributed by atoms with Crippen LogP contribution in [0.2, 0.25) is 0 Å². The number of hydrogen-bond donors (Lipinski definition) is 1. The molecule has 0 aliphatic rings. The summed E-state index contributed by atoms with van der Waals surface area (Å²) >= 11 is 0. The van der Waals surface area contributed by atoms with Gasteiger partial charge in [0.2, 0.25) is 0 Å². The Morgan fingerprint density at radius 3 is 1.96 bits per heavy atom. The Kier molecular flexibility index (Phi) is 5.49. The minimum Gasteiger partial charge on any atom is -0.399 e. The maximum atomic E-state index is 14.1. The summed E-state index contributed by atoms with van der Waals surface area (Å²) < 4.78 is 14.1. The smallest absolute Gasteiger partial charge is 0.133 e. The highest BCUT2D eigenvalue weighted by molar-refractivity contribution is 5.71. The van der Waals surface area contributed by atoms with Gasteiger partial charge in [-0.25, -0.2) is 4.39 Å². The van der Waals surface area contributed by atoms with Gasteiger partial charge in [0, 0.05) is 11.3 Å². The van der Waals surface area contributed by atoms with Crippen LogP contribution >= 0.6 is 0 Å². The number of anilines is 1. The Bertz CT molecular complexity index is 820. The van der Waals surface area contributed by atoms with Crippen LogP contribution in [-0.2, 0) is 6.42 Å². The first kappa shape index (κ1) is 17.2. The van der Waals surface area contributed by atoms with E-state index in [4.69, 9.17) is 5.73 Å². The SMILES string of the molecule is CCCCCc1ccc(-c2ccc(-c3ccc(N)cc3F)cc2)cc1. The van der Waals surface area contributed by atoms with Gasteiger partial charge in [-0.1, -0.05) is 68.3 Å². The van der Waals surface area contributed by atoms with E-state index < -0.39 is 0 Å². The normalized spacial score (nSPS) is 10.8. The molecule has 128 valence electrons. The first-order valence-electron chi connectivity index (χ1n) is 8.92. The molecule has 1 nitrogen and oxygen atoms in total. The summed E-state index contributed by atoms with van der Waals surface area (Å²) in [6.45, 7) is 2.23. The van der Waals surface area contributed by atoms with Crippen LogP contribution in [0.1, 0.15) is 31.7 Å². The molecule has 0 spiro atoms. The van der Waals surface area contributed by atoms with Crippen molar-refractivity contribution < 1.29 is 4.39 Å². The molecule has 25 heavy (non-hydrogen) atoms. The van der Waals surface area contributed by atoms with Crippen molar-refractivity contribution in [1.29, 1.82) is 0 Å². The highest BCUT2D eigenvalue weighted by Crippen LogP contribution is 2.28. The van der Waals surface area contributed by atoms with Crippen molar-refractivity contribution in [3.63, 3.8) is 0 Å². The van der Waals surface area contributed by atoms with Gasteiger partial charge in [-0.15, -0.1) is 0 Å². The summed E-state index contributed by atoms with van der Waals surface area (Å²) in [5.74, 6) is -0.288. The van der Waals surface area contributed by atoms with E-state index in [1.54, 1.807) is 12.1 Å². The zero-order chi connectivity index (χ0) is 17.6. The molecule has 3 aromatic rings. The molecule has 0 unspecified atom stereocenters. The molecular formula is C23H24FN. The predicted molar refractivity (Wildman–Crippen MR) is 105 cm³/mol. The quantitative estimate of drug-likeness (QED) is 0.406. The summed E-state index contributed by atoms with van der Waals surface area (Å²) in [4.78, 5) is 0. The zero-order valence-corrected chi connectivity index (χ0v) is 14.6. The first-order chi connectivity index (χ1) is 12.2. The molecule has 2 N–H and O–H groups in total. The Labute approximate surface area is 149 Å². The molecular weight excluding hydrogens is 309 g/mol. The number of nitrogen functional groups attached to an aromatic ring is 1. The average Bonchev–Trinajstić information content (AvgIpc) is 2.63. The maximum absolute atomic E-state index is 14.1. The van der Waals surface area contributed by atoms with Crippen molar-refractivity contribution >= 4 is 5.69 Å². The van der Waals surface area contributed by atoms with Gasteiger partial charge >= 0.3 is 0 Å². The highest BCUT2D eigenvalue weighted by atomic mass is 19.1. The largest absolute Gasteiger partial charge is 0.399 e. The van der Waals surface area contributed by atoms with E-state index in [9.17, 15) is 4.39 Å². The van der Waals surface area contributed by atoms with E-state index in [-0.39, 0.29) is 5.82 Å². The van der Waals surface area contributed by atoms with Crippen molar-refractivity contribution in [2.75, 3.05) is 5.73 Å². The fraction of sp³-hybridized carbons (Fsp3) is 0.217. The number of benzene rings is 3. The number of aryl methyl sites for hydroxylation is 1. The van der Waals surface area contributed by atoms with Crippen LogP contribution in [0.15, 0.2) is 66.7 Å². The van der Waals surface area contributed by atoms with E-state index in [2.05, 4.69) is 31.2 Å². The minimum atomic E-state index is -0.288. The molecule has 0 aliphatic heterocycles. The molecule has 0 bridgehead atoms. The summed E-state index contributed by atoms with van der Waals surface area (Å²) in [5.41, 5.74) is 11.2. The second kappa shape index (κ2) is 7.98. The number of unbranched alkanes of at least 4 members (excludes halogenated alkanes) is 2. The number of rotatable bonds is 6. The maximum Gasteiger partial charge on any atom is 0.133 e. The summed E-state index contributed by atoms with van der Waals surface area (Å²) in [6.07, 6.45) is 4.92. The second-order valence-corrected chi connectivity index (χ2v) is 6.47. The van der Waals surface area contributed by atoms with Crippen LogP contribution in [0, 0.1) is 5.82 Å². The van der Waals surface area contributed by atoms with Crippen molar-refractivity contribution in [3.05, 3.63) is 78.1 Å². The Morgan fingerprint density at radius 1 is 0.760 bits per heavy atom. The molecule has 0 saturated heterocycles. The minimum absolute atomic E-state index is 0.288. The zero-order valence-electron chi connectivity index (χ0n) is 14.6. The first-order valence-corrected chi connectivity index (χ1v) is 8.92. The van der Waals surface area contributed by atoms with E-state index in [1.807, 2.05) is 24.3 Å². The van der Waals surface area contributed by atoms with Crippen molar-refractivity contribution in [2.45, 2.75) is 32.6 Å². The number of halogens is 1. The topological polar surface area (TPSA) is 26.0 Å². The monoisotopic (exact) mass is 333 g/mol. The lowest BCUT2D eigenvalue weighted by atomic mass is 9.98. The lowest BCUT2D eigenvalue weighted by Crippen LogP contribution is -1.89. The molecule has 0 fully saturated rings. The van der Waals surface area contributed by atoms with Crippen molar-refractivity contribution in [3.8, 4) is 22.3 Å². The molecule has 0 aromatic heterocycles. The molecule has 3 rings (SSSR count). The molecule has 0 heterocycles. The molecule has 3 aromatic carbocycles. The fourth-order valence-electron chi connectivity index (χ4n) is 3.05. The standard InChI is InChI=1S/C23H24FN/c1-2-3-4-5-17-6-8-18(9-7-17)19-10-12-20(13-11-19)22-15-14-21(25)16-23(22)24/h6-16H,2-5,25H2,1H3. The Balaban J connectivity index is 1.76. The highest BCUT2D eigenvalue weighted by Gasteiger charge is 2.06. The average molecular weight is 333 g/mol. The lowest BCUT2D eigenvalue weighted by Gasteiger charge is -2.08. The molecule has 0 atom stereocenters. The molecule has 0 saturated carbocycles. The Morgan fingerprint density at radius 2 is 1.36 bits per heavy atom. The van der Waals surface area contributed by atoms with E-state index in [0.29, 0.717) is 11.3 Å².